The monoisotopic (exact) mass is 405 g/mol. The smallest absolute Gasteiger partial charge is 0.252 e. The highest BCUT2D eigenvalue weighted by Crippen LogP contribution is 2.32. The number of ether oxygens (including phenoxy) is 1. The number of likely N-dealkylation sites (tertiary alicyclic amines) is 1. The van der Waals surface area contributed by atoms with Crippen molar-refractivity contribution in [3.05, 3.63) is 65.9 Å². The number of hydrogen-bond acceptors (Lipinski definition) is 5. The van der Waals surface area contributed by atoms with Crippen molar-refractivity contribution in [2.45, 2.75) is 19.4 Å². The number of nitrogens with zero attached hydrogens (tertiary/aromatic N) is 2. The number of benzene rings is 2. The number of rotatable bonds is 6. The van der Waals surface area contributed by atoms with Gasteiger partial charge in [-0.15, -0.1) is 0 Å². The van der Waals surface area contributed by atoms with Crippen LogP contribution in [0.2, 0.25) is 0 Å². The molecular formula is C24H27N3O3. The molecule has 0 radical (unpaired) electrons. The fraction of sp³-hybridized carbons (Fsp3) is 0.333. The number of aliphatic hydroxyl groups is 1. The van der Waals surface area contributed by atoms with Crippen LogP contribution >= 0.6 is 0 Å². The number of pyridine rings is 1. The molecule has 2 heterocycles. The first-order valence-corrected chi connectivity index (χ1v) is 10.4. The molecule has 0 saturated carbocycles. The van der Waals surface area contributed by atoms with Gasteiger partial charge in [0.1, 0.15) is 5.75 Å². The van der Waals surface area contributed by atoms with Crippen LogP contribution in [0.1, 0.15) is 28.8 Å². The molecule has 6 nitrogen and oxygen atoms in total. The Morgan fingerprint density at radius 1 is 1.13 bits per heavy atom. The normalized spacial score (nSPS) is 15.3. The summed E-state index contributed by atoms with van der Waals surface area (Å²) in [5.41, 5.74) is 1.76. The third kappa shape index (κ3) is 4.45. The summed E-state index contributed by atoms with van der Waals surface area (Å²) in [6.45, 7) is 3.21. The minimum Gasteiger partial charge on any atom is -0.438 e. The number of aromatic nitrogens is 1. The van der Waals surface area contributed by atoms with E-state index in [1.165, 1.54) is 17.1 Å². The van der Waals surface area contributed by atoms with Crippen LogP contribution in [0.15, 0.2) is 54.7 Å². The maximum atomic E-state index is 11.7. The zero-order valence-electron chi connectivity index (χ0n) is 17.2. The molecule has 4 rings (SSSR count). The molecule has 2 N–H and O–H groups in total. The lowest BCUT2D eigenvalue weighted by Crippen LogP contribution is -2.34. The predicted octanol–water partition coefficient (Wildman–Crippen LogP) is 3.59. The van der Waals surface area contributed by atoms with Crippen molar-refractivity contribution >= 4 is 16.7 Å². The van der Waals surface area contributed by atoms with E-state index in [0.717, 1.165) is 43.6 Å². The summed E-state index contributed by atoms with van der Waals surface area (Å²) in [5.74, 6) is 1.46. The molecule has 1 saturated heterocycles. The van der Waals surface area contributed by atoms with Crippen LogP contribution in [0.5, 0.6) is 11.6 Å². The molecular weight excluding hydrogens is 378 g/mol. The number of amides is 1. The average Bonchev–Trinajstić information content (AvgIpc) is 2.81. The van der Waals surface area contributed by atoms with Gasteiger partial charge < -0.3 is 15.2 Å². The Morgan fingerprint density at radius 3 is 2.57 bits per heavy atom. The van der Waals surface area contributed by atoms with Gasteiger partial charge >= 0.3 is 0 Å². The highest BCUT2D eigenvalue weighted by molar-refractivity contribution is 5.93. The molecule has 1 aromatic heterocycles. The predicted molar refractivity (Wildman–Crippen MR) is 117 cm³/mol. The summed E-state index contributed by atoms with van der Waals surface area (Å²) in [7, 11) is 1.59. The maximum absolute atomic E-state index is 11.7. The second kappa shape index (κ2) is 9.24. The van der Waals surface area contributed by atoms with Crippen LogP contribution in [-0.4, -0.2) is 47.6 Å². The van der Waals surface area contributed by atoms with Crippen molar-refractivity contribution in [1.82, 2.24) is 15.2 Å². The Labute approximate surface area is 176 Å². The van der Waals surface area contributed by atoms with Crippen molar-refractivity contribution in [2.24, 2.45) is 5.92 Å². The lowest BCUT2D eigenvalue weighted by Gasteiger charge is -2.31. The van der Waals surface area contributed by atoms with Crippen molar-refractivity contribution in [1.29, 1.82) is 0 Å². The van der Waals surface area contributed by atoms with Crippen LogP contribution < -0.4 is 10.1 Å². The molecule has 1 aliphatic heterocycles. The number of carbonyl (C=O) groups excluding carboxylic acids is 1. The summed E-state index contributed by atoms with van der Waals surface area (Å²) < 4.78 is 6.05. The molecule has 0 spiro atoms. The highest BCUT2D eigenvalue weighted by Gasteiger charge is 2.19. The van der Waals surface area contributed by atoms with Crippen LogP contribution in [-0.2, 0) is 6.54 Å². The second-order valence-corrected chi connectivity index (χ2v) is 7.74. The first-order chi connectivity index (χ1) is 14.7. The molecule has 0 bridgehead atoms. The molecule has 0 atom stereocenters. The topological polar surface area (TPSA) is 74.7 Å². The molecule has 6 heteroatoms. The molecule has 0 unspecified atom stereocenters. The Hall–Kier alpha value is -2.96. The largest absolute Gasteiger partial charge is 0.438 e. The van der Waals surface area contributed by atoms with E-state index in [1.807, 2.05) is 18.2 Å². The Kier molecular flexibility index (Phi) is 6.26. The van der Waals surface area contributed by atoms with Crippen LogP contribution in [0.4, 0.5) is 0 Å². The highest BCUT2D eigenvalue weighted by atomic mass is 16.5. The molecule has 1 fully saturated rings. The zero-order chi connectivity index (χ0) is 20.9. The third-order valence-electron chi connectivity index (χ3n) is 5.77. The SMILES string of the molecule is CNC(=O)c1ccc(Oc2ccc(CN3CCC(CO)CC3)c3ccccc23)nc1. The van der Waals surface area contributed by atoms with Gasteiger partial charge in [0.25, 0.3) is 5.91 Å². The lowest BCUT2D eigenvalue weighted by molar-refractivity contribution is 0.0962. The first kappa shape index (κ1) is 20.3. The number of aliphatic hydroxyl groups excluding tert-OH is 1. The Balaban J connectivity index is 1.54. The van der Waals surface area contributed by atoms with E-state index in [9.17, 15) is 9.90 Å². The summed E-state index contributed by atoms with van der Waals surface area (Å²) in [6, 6.07) is 15.8. The van der Waals surface area contributed by atoms with Gasteiger partial charge in [-0.05, 0) is 54.9 Å². The van der Waals surface area contributed by atoms with Gasteiger partial charge in [-0.25, -0.2) is 4.98 Å². The molecule has 30 heavy (non-hydrogen) atoms. The number of carbonyl (C=O) groups is 1. The van der Waals surface area contributed by atoms with Gasteiger partial charge in [0, 0.05) is 37.8 Å². The van der Waals surface area contributed by atoms with Crippen molar-refractivity contribution < 1.29 is 14.6 Å². The molecule has 1 aliphatic rings. The molecule has 1 amide bonds. The van der Waals surface area contributed by atoms with Crippen molar-refractivity contribution in [3.63, 3.8) is 0 Å². The van der Waals surface area contributed by atoms with E-state index in [1.54, 1.807) is 19.2 Å². The van der Waals surface area contributed by atoms with Crippen LogP contribution in [0.25, 0.3) is 10.8 Å². The van der Waals surface area contributed by atoms with E-state index in [-0.39, 0.29) is 5.91 Å². The average molecular weight is 405 g/mol. The second-order valence-electron chi connectivity index (χ2n) is 7.74. The Morgan fingerprint density at radius 2 is 1.90 bits per heavy atom. The van der Waals surface area contributed by atoms with Gasteiger partial charge in [-0.1, -0.05) is 30.3 Å². The van der Waals surface area contributed by atoms with Gasteiger partial charge in [0.05, 0.1) is 5.56 Å². The van der Waals surface area contributed by atoms with Crippen LogP contribution in [0.3, 0.4) is 0 Å². The van der Waals surface area contributed by atoms with Gasteiger partial charge in [-0.2, -0.15) is 0 Å². The summed E-state index contributed by atoms with van der Waals surface area (Å²) >= 11 is 0. The first-order valence-electron chi connectivity index (χ1n) is 10.4. The van der Waals surface area contributed by atoms with E-state index in [4.69, 9.17) is 4.74 Å². The number of hydrogen-bond donors (Lipinski definition) is 2. The van der Waals surface area contributed by atoms with Gasteiger partial charge in [-0.3, -0.25) is 9.69 Å². The third-order valence-corrected chi connectivity index (χ3v) is 5.77. The van der Waals surface area contributed by atoms with E-state index in [0.29, 0.717) is 24.0 Å². The van der Waals surface area contributed by atoms with E-state index >= 15 is 0 Å². The van der Waals surface area contributed by atoms with Gasteiger partial charge in [0.15, 0.2) is 0 Å². The molecule has 2 aromatic carbocycles. The van der Waals surface area contributed by atoms with Crippen molar-refractivity contribution in [2.75, 3.05) is 26.7 Å². The quantitative estimate of drug-likeness (QED) is 0.656. The fourth-order valence-electron chi connectivity index (χ4n) is 3.96. The van der Waals surface area contributed by atoms with Crippen molar-refractivity contribution in [3.8, 4) is 11.6 Å². The number of piperidine rings is 1. The summed E-state index contributed by atoms with van der Waals surface area (Å²) in [4.78, 5) is 18.4. The van der Waals surface area contributed by atoms with Crippen LogP contribution in [0, 0.1) is 5.92 Å². The lowest BCUT2D eigenvalue weighted by atomic mass is 9.96. The molecule has 156 valence electrons. The summed E-state index contributed by atoms with van der Waals surface area (Å²) in [6.07, 6.45) is 3.61. The zero-order valence-corrected chi connectivity index (χ0v) is 17.2. The number of fused-ring (bicyclic) bond motifs is 1. The standard InChI is InChI=1S/C24H27N3O3/c1-25-24(29)18-7-9-23(26-14-18)30-22-8-6-19(20-4-2-3-5-21(20)22)15-27-12-10-17(16-28)11-13-27/h2-9,14,17,28H,10-13,15-16H2,1H3,(H,25,29). The number of nitrogens with one attached hydrogen (secondary N) is 1. The Bertz CT molecular complexity index is 1010. The maximum Gasteiger partial charge on any atom is 0.252 e. The van der Waals surface area contributed by atoms with Gasteiger partial charge in [0.2, 0.25) is 5.88 Å². The molecule has 3 aromatic rings. The van der Waals surface area contributed by atoms with E-state index < -0.39 is 0 Å². The summed E-state index contributed by atoms with van der Waals surface area (Å²) in [5, 5.41) is 14.1. The fourth-order valence-corrected chi connectivity index (χ4v) is 3.96. The molecule has 0 aliphatic carbocycles. The minimum atomic E-state index is -0.174. The minimum absolute atomic E-state index is 0.174. The van der Waals surface area contributed by atoms with E-state index in [2.05, 4.69) is 33.4 Å².